The molecule has 30 valence electrons. The third-order valence-corrected chi connectivity index (χ3v) is 0. The van der Waals surface area contributed by atoms with Gasteiger partial charge in [-0.1, -0.05) is 6.47 Å². The number of rotatable bonds is 0. The molecule has 0 rings (SSSR count). The molecule has 0 atom stereocenters. The molecule has 7 heavy (non-hydrogen) atoms. The van der Waals surface area contributed by atoms with Gasteiger partial charge >= 0.3 is 66.0 Å². The molecule has 0 radical (unpaired) electrons. The molecule has 0 unspecified atom stereocenters. The van der Waals surface area contributed by atoms with Gasteiger partial charge in [-0.2, -0.15) is 0 Å². The van der Waals surface area contributed by atoms with E-state index in [1.165, 1.54) is 0 Å². The van der Waals surface area contributed by atoms with Gasteiger partial charge in [0.05, 0.1) is 0 Å². The normalized spacial score (nSPS) is 3.43. The molecule has 0 bridgehead atoms. The average molecular weight is 182 g/mol. The van der Waals surface area contributed by atoms with Gasteiger partial charge in [-0.25, -0.2) is 0 Å². The van der Waals surface area contributed by atoms with Crippen LogP contribution in [0.15, 0.2) is 0 Å². The Morgan fingerprint density at radius 3 is 1.57 bits per heavy atom. The maximum atomic E-state index is 8.24. The summed E-state index contributed by atoms with van der Waals surface area (Å²) >= 11 is 3.75. The van der Waals surface area contributed by atoms with Crippen LogP contribution in [-0.2, 0) is 4.79 Å². The van der Waals surface area contributed by atoms with Crippen molar-refractivity contribution in [2.75, 3.05) is 0 Å². The predicted octanol–water partition coefficient (Wildman–Crippen LogP) is -1.71. The zero-order chi connectivity index (χ0) is 5.41. The van der Waals surface area contributed by atoms with Crippen molar-refractivity contribution < 1.29 is 15.4 Å². The molecule has 0 aromatic heterocycles. The minimum absolute atomic E-state index is 0. The average Bonchev–Trinajstić information content (AvgIpc) is 1.39. The van der Waals surface area contributed by atoms with Crippen molar-refractivity contribution >= 4 is 72.5 Å². The fraction of sp³-hybridized carbons (Fsp3) is 0. The zero-order valence-corrected chi connectivity index (χ0v) is 10.5. The molecule has 6 heteroatoms. The summed E-state index contributed by atoms with van der Waals surface area (Å²) in [4.78, 5) is 8.24. The van der Waals surface area contributed by atoms with Crippen LogP contribution in [0.2, 0.25) is 0 Å². The summed E-state index contributed by atoms with van der Waals surface area (Å²) < 4.78 is 0. The summed E-state index contributed by atoms with van der Waals surface area (Å²) in [6.45, 7) is 0.500. The molecule has 0 aliphatic carbocycles. The van der Waals surface area contributed by atoms with Gasteiger partial charge in [0.1, 0.15) is 0 Å². The van der Waals surface area contributed by atoms with Crippen LogP contribution in [0.4, 0.5) is 0 Å². The second-order valence-corrected chi connectivity index (χ2v) is 24.9. The Morgan fingerprint density at radius 2 is 1.57 bits per heavy atom. The molecule has 0 fully saturated rings. The topological polar surface area (TPSA) is 67.3 Å². The molecular formula is CH2Ca3O3. The molecule has 0 aromatic carbocycles. The van der Waals surface area contributed by atoms with Crippen molar-refractivity contribution in [1.82, 2.24) is 0 Å². The molecule has 2 N–H and O–H groups in total. The van der Waals surface area contributed by atoms with E-state index in [0.717, 1.165) is 0 Å². The van der Waals surface area contributed by atoms with Crippen molar-refractivity contribution in [3.63, 3.8) is 0 Å². The van der Waals surface area contributed by atoms with Crippen LogP contribution in [0.3, 0.4) is 0 Å². The quantitative estimate of drug-likeness (QED) is 0.358. The van der Waals surface area contributed by atoms with E-state index in [1.807, 2.05) is 0 Å². The Labute approximate surface area is 84.3 Å². The van der Waals surface area contributed by atoms with Gasteiger partial charge in [-0.05, 0) is 0 Å². The summed E-state index contributed by atoms with van der Waals surface area (Å²) in [5.41, 5.74) is 0. The van der Waals surface area contributed by atoms with Gasteiger partial charge in [0.2, 0.25) is 0 Å². The molecule has 0 amide bonds. The van der Waals surface area contributed by atoms with Crippen molar-refractivity contribution in [1.29, 1.82) is 0 Å². The first kappa shape index (κ1) is 16.7. The maximum Gasteiger partial charge on any atom is -0.870 e. The third-order valence-electron chi connectivity index (χ3n) is 0. The SMILES string of the molecule is O=[C-]O.[Ca+][Ca][Ca+].[OH-]. The first-order valence-corrected chi connectivity index (χ1v) is 17.4. The van der Waals surface area contributed by atoms with Crippen molar-refractivity contribution in [2.24, 2.45) is 0 Å². The van der Waals surface area contributed by atoms with E-state index in [1.54, 1.807) is 51.9 Å². The fourth-order valence-corrected chi connectivity index (χ4v) is 0. The van der Waals surface area contributed by atoms with Gasteiger partial charge < -0.3 is 15.4 Å². The molecule has 0 aliphatic rings. The first-order chi connectivity index (χ1) is 2.83. The van der Waals surface area contributed by atoms with Crippen LogP contribution in [0.5, 0.6) is 0 Å². The minimum atomic E-state index is 0. The summed E-state index contributed by atoms with van der Waals surface area (Å²) in [7, 11) is 0. The Kier molecular flexibility index (Phi) is 54.4. The van der Waals surface area contributed by atoms with Gasteiger partial charge in [0.15, 0.2) is 0 Å². The van der Waals surface area contributed by atoms with Crippen molar-refractivity contribution in [3.05, 3.63) is 0 Å². The molecule has 3 nitrogen and oxygen atoms in total. The number of hydrogen-bond donors (Lipinski definition) is 1. The summed E-state index contributed by atoms with van der Waals surface area (Å²) in [5, 5.41) is 6.76. The monoisotopic (exact) mass is 182 g/mol. The minimum Gasteiger partial charge on any atom is -0.870 e. The Hall–Kier alpha value is 3.21. The van der Waals surface area contributed by atoms with Gasteiger partial charge in [-0.3, -0.25) is 0 Å². The van der Waals surface area contributed by atoms with Gasteiger partial charge in [0.25, 0.3) is 0 Å². The van der Waals surface area contributed by atoms with E-state index in [-0.39, 0.29) is 5.48 Å². The zero-order valence-electron chi connectivity index (χ0n) is 3.92. The molecule has 0 aliphatic heterocycles. The van der Waals surface area contributed by atoms with Crippen LogP contribution < -0.4 is 0 Å². The van der Waals surface area contributed by atoms with E-state index in [0.29, 0.717) is 20.6 Å². The number of hydrogen-bond acceptors (Lipinski definition) is 2. The Balaban J connectivity index is -0.0000000400. The van der Waals surface area contributed by atoms with E-state index >= 15 is 0 Å². The number of aliphatic hydroxyl groups excluding tert-OH is 1. The predicted molar refractivity (Wildman–Crippen MR) is 27.5 cm³/mol. The van der Waals surface area contributed by atoms with Crippen LogP contribution in [0.1, 0.15) is 0 Å². The summed E-state index contributed by atoms with van der Waals surface area (Å²) in [6.07, 6.45) is 0. The maximum absolute atomic E-state index is 8.24. The second kappa shape index (κ2) is 22.9. The molecule has 0 spiro atoms. The van der Waals surface area contributed by atoms with Crippen molar-refractivity contribution in [2.45, 2.75) is 0 Å². The van der Waals surface area contributed by atoms with E-state index in [2.05, 4.69) is 0 Å². The molecule has 0 heterocycles. The van der Waals surface area contributed by atoms with Crippen LogP contribution in [0.25, 0.3) is 0 Å². The Morgan fingerprint density at radius 1 is 1.57 bits per heavy atom. The molecule has 0 saturated heterocycles. The van der Waals surface area contributed by atoms with Crippen molar-refractivity contribution in [3.8, 4) is 0 Å². The molecule has 0 aromatic rings. The van der Waals surface area contributed by atoms with Crippen LogP contribution in [-0.4, -0.2) is 83.1 Å². The first-order valence-electron chi connectivity index (χ1n) is 1.43. The standard InChI is InChI=1S/CHO2.3Ca.H2O/c2-1-3;;;;/h(H,2,3);;;;1H2/q-1;;2*+1;/p-1. The van der Waals surface area contributed by atoms with Crippen LogP contribution in [0, 0.1) is 0 Å². The fourth-order valence-electron chi connectivity index (χ4n) is 0. The molecule has 0 saturated carbocycles. The Bertz CT molecular complexity index is 24.1. The second-order valence-electron chi connectivity index (χ2n) is 0.445. The third kappa shape index (κ3) is 46.5. The largest absolute Gasteiger partial charge is 0.870 e. The van der Waals surface area contributed by atoms with Crippen LogP contribution >= 0.6 is 0 Å². The smallest absolute Gasteiger partial charge is 0.870 e. The van der Waals surface area contributed by atoms with E-state index in [9.17, 15) is 0 Å². The molecular weight excluding hydrogens is 180 g/mol. The summed E-state index contributed by atoms with van der Waals surface area (Å²) in [6, 6.07) is 0. The van der Waals surface area contributed by atoms with Gasteiger partial charge in [0, 0.05) is 0 Å². The van der Waals surface area contributed by atoms with E-state index < -0.39 is 0 Å². The van der Waals surface area contributed by atoms with Gasteiger partial charge in [-0.15, -0.1) is 0 Å². The summed E-state index contributed by atoms with van der Waals surface area (Å²) in [5.74, 6) is 0. The van der Waals surface area contributed by atoms with E-state index in [4.69, 9.17) is 9.90 Å².